The summed E-state index contributed by atoms with van der Waals surface area (Å²) in [7, 11) is 0. The fraction of sp³-hybridized carbons (Fsp3) is 0.421. The van der Waals surface area contributed by atoms with Crippen molar-refractivity contribution in [1.29, 1.82) is 0 Å². The number of carbonyl (C=O) groups is 2. The van der Waals surface area contributed by atoms with E-state index in [1.54, 1.807) is 11.3 Å². The van der Waals surface area contributed by atoms with Gasteiger partial charge in [-0.3, -0.25) is 14.5 Å². The monoisotopic (exact) mass is 374 g/mol. The van der Waals surface area contributed by atoms with Crippen LogP contribution in [0.3, 0.4) is 0 Å². The van der Waals surface area contributed by atoms with Crippen LogP contribution in [0.25, 0.3) is 11.3 Å². The fourth-order valence-electron chi connectivity index (χ4n) is 2.74. The molecule has 0 radical (unpaired) electrons. The molecule has 26 heavy (non-hydrogen) atoms. The highest BCUT2D eigenvalue weighted by Gasteiger charge is 2.28. The van der Waals surface area contributed by atoms with E-state index < -0.39 is 5.97 Å². The highest BCUT2D eigenvalue weighted by atomic mass is 32.1. The number of nitrogens with zero attached hydrogens (tertiary/aromatic N) is 2. The molecule has 3 rings (SSSR count). The minimum atomic E-state index is -0.405. The van der Waals surface area contributed by atoms with Gasteiger partial charge in [-0.1, -0.05) is 19.8 Å². The van der Waals surface area contributed by atoms with E-state index >= 15 is 0 Å². The van der Waals surface area contributed by atoms with Gasteiger partial charge in [-0.25, -0.2) is 4.98 Å². The highest BCUT2D eigenvalue weighted by Crippen LogP contribution is 2.36. The molecule has 1 aromatic heterocycles. The third-order valence-electron chi connectivity index (χ3n) is 4.11. The van der Waals surface area contributed by atoms with Gasteiger partial charge in [-0.15, -0.1) is 11.3 Å². The first-order valence-corrected chi connectivity index (χ1v) is 9.61. The van der Waals surface area contributed by atoms with Gasteiger partial charge in [-0.05, 0) is 31.5 Å². The number of amides is 1. The maximum atomic E-state index is 12.3. The molecule has 7 heteroatoms. The van der Waals surface area contributed by atoms with Gasteiger partial charge >= 0.3 is 5.97 Å². The predicted molar refractivity (Wildman–Crippen MR) is 101 cm³/mol. The zero-order valence-corrected chi connectivity index (χ0v) is 15.8. The van der Waals surface area contributed by atoms with Crippen LogP contribution in [0.15, 0.2) is 23.6 Å². The number of thiazole rings is 1. The van der Waals surface area contributed by atoms with E-state index in [0.717, 1.165) is 35.5 Å². The van der Waals surface area contributed by atoms with E-state index in [1.165, 1.54) is 4.90 Å². The molecule has 2 aromatic rings. The van der Waals surface area contributed by atoms with Crippen molar-refractivity contribution in [3.63, 3.8) is 0 Å². The largest absolute Gasteiger partial charge is 0.482 e. The summed E-state index contributed by atoms with van der Waals surface area (Å²) in [5, 5.41) is 2.94. The van der Waals surface area contributed by atoms with E-state index in [-0.39, 0.29) is 19.1 Å². The van der Waals surface area contributed by atoms with Crippen molar-refractivity contribution < 1.29 is 19.1 Å². The Morgan fingerprint density at radius 2 is 2.23 bits per heavy atom. The molecule has 0 N–H and O–H groups in total. The van der Waals surface area contributed by atoms with E-state index in [1.807, 2.05) is 30.5 Å². The van der Waals surface area contributed by atoms with Crippen molar-refractivity contribution in [2.75, 3.05) is 24.7 Å². The number of esters is 1. The van der Waals surface area contributed by atoms with Gasteiger partial charge in [0.15, 0.2) is 6.61 Å². The first-order valence-electron chi connectivity index (χ1n) is 8.74. The number of anilines is 1. The Labute approximate surface area is 156 Å². The van der Waals surface area contributed by atoms with Gasteiger partial charge in [0.1, 0.15) is 12.3 Å². The van der Waals surface area contributed by atoms with Crippen LogP contribution in [-0.4, -0.2) is 36.6 Å². The number of rotatable bonds is 7. The van der Waals surface area contributed by atoms with Crippen molar-refractivity contribution >= 4 is 28.9 Å². The van der Waals surface area contributed by atoms with Crippen LogP contribution in [0, 0.1) is 6.92 Å². The zero-order chi connectivity index (χ0) is 18.5. The number of ether oxygens (including phenoxy) is 2. The lowest BCUT2D eigenvalue weighted by Gasteiger charge is -2.29. The summed E-state index contributed by atoms with van der Waals surface area (Å²) in [6, 6.07) is 5.56. The maximum absolute atomic E-state index is 12.3. The fourth-order valence-corrected chi connectivity index (χ4v) is 3.37. The van der Waals surface area contributed by atoms with Gasteiger partial charge in [0.2, 0.25) is 0 Å². The lowest BCUT2D eigenvalue weighted by Crippen LogP contribution is -2.42. The standard InChI is InChI=1S/C19H22N2O4S/c1-3-4-5-8-24-19(23)10-21-16-9-14(15-12-26-13(2)20-15)6-7-17(16)25-11-18(21)22/h6-7,9,12H,3-5,8,10-11H2,1-2H3. The zero-order valence-electron chi connectivity index (χ0n) is 15.0. The molecule has 0 saturated carbocycles. The average molecular weight is 374 g/mol. The van der Waals surface area contributed by atoms with Crippen molar-refractivity contribution in [1.82, 2.24) is 4.98 Å². The lowest BCUT2D eigenvalue weighted by atomic mass is 10.1. The third-order valence-corrected chi connectivity index (χ3v) is 4.89. The number of hydrogen-bond donors (Lipinski definition) is 0. The molecule has 0 saturated heterocycles. The van der Waals surface area contributed by atoms with E-state index in [2.05, 4.69) is 11.9 Å². The first-order chi connectivity index (χ1) is 12.6. The third kappa shape index (κ3) is 4.22. The van der Waals surface area contributed by atoms with Crippen LogP contribution < -0.4 is 9.64 Å². The molecule has 0 aliphatic carbocycles. The topological polar surface area (TPSA) is 68.7 Å². The predicted octanol–water partition coefficient (Wildman–Crippen LogP) is 3.58. The maximum Gasteiger partial charge on any atom is 0.326 e. The van der Waals surface area contributed by atoms with Crippen LogP contribution in [0.4, 0.5) is 5.69 Å². The van der Waals surface area contributed by atoms with Crippen LogP contribution in [-0.2, 0) is 14.3 Å². The average Bonchev–Trinajstić information content (AvgIpc) is 3.07. The van der Waals surface area contributed by atoms with E-state index in [9.17, 15) is 9.59 Å². The van der Waals surface area contributed by atoms with Crippen molar-refractivity contribution in [3.05, 3.63) is 28.6 Å². The highest BCUT2D eigenvalue weighted by molar-refractivity contribution is 7.09. The van der Waals surface area contributed by atoms with E-state index in [0.29, 0.717) is 18.0 Å². The molecule has 0 unspecified atom stereocenters. The molecule has 1 aliphatic heterocycles. The molecule has 0 bridgehead atoms. The quantitative estimate of drug-likeness (QED) is 0.547. The van der Waals surface area contributed by atoms with Gasteiger partial charge in [0.25, 0.3) is 5.91 Å². The smallest absolute Gasteiger partial charge is 0.326 e. The molecule has 2 heterocycles. The summed E-state index contributed by atoms with van der Waals surface area (Å²) in [6.07, 6.45) is 2.91. The van der Waals surface area contributed by atoms with E-state index in [4.69, 9.17) is 9.47 Å². The summed E-state index contributed by atoms with van der Waals surface area (Å²) in [5.41, 5.74) is 2.30. The molecular formula is C19H22N2O4S. The number of fused-ring (bicyclic) bond motifs is 1. The molecule has 6 nitrogen and oxygen atoms in total. The van der Waals surface area contributed by atoms with Crippen molar-refractivity contribution in [2.45, 2.75) is 33.1 Å². The Balaban J connectivity index is 1.77. The summed E-state index contributed by atoms with van der Waals surface area (Å²) >= 11 is 1.56. The van der Waals surface area contributed by atoms with Crippen LogP contribution in [0.5, 0.6) is 5.75 Å². The number of aromatic nitrogens is 1. The Morgan fingerprint density at radius 3 is 2.96 bits per heavy atom. The molecular weight excluding hydrogens is 352 g/mol. The SMILES string of the molecule is CCCCCOC(=O)CN1C(=O)COc2ccc(-c3csc(C)n3)cc21. The normalized spacial score (nSPS) is 13.3. The van der Waals surface area contributed by atoms with Crippen LogP contribution in [0.2, 0.25) is 0 Å². The van der Waals surface area contributed by atoms with Gasteiger partial charge in [0.05, 0.1) is 23.0 Å². The van der Waals surface area contributed by atoms with Gasteiger partial charge in [-0.2, -0.15) is 0 Å². The molecule has 138 valence electrons. The van der Waals surface area contributed by atoms with Crippen molar-refractivity contribution in [2.24, 2.45) is 0 Å². The minimum Gasteiger partial charge on any atom is -0.482 e. The lowest BCUT2D eigenvalue weighted by molar-refractivity contribution is -0.143. The summed E-state index contributed by atoms with van der Waals surface area (Å²) in [6.45, 7) is 4.23. The number of aryl methyl sites for hydroxylation is 1. The van der Waals surface area contributed by atoms with Crippen LogP contribution in [0.1, 0.15) is 31.2 Å². The molecule has 0 atom stereocenters. The van der Waals surface area contributed by atoms with Crippen molar-refractivity contribution in [3.8, 4) is 17.0 Å². The Bertz CT molecular complexity index is 803. The molecule has 1 aromatic carbocycles. The second-order valence-electron chi connectivity index (χ2n) is 6.13. The van der Waals surface area contributed by atoms with Gasteiger partial charge < -0.3 is 9.47 Å². The summed E-state index contributed by atoms with van der Waals surface area (Å²) in [4.78, 5) is 30.3. The molecule has 1 amide bonds. The number of hydrogen-bond acceptors (Lipinski definition) is 6. The van der Waals surface area contributed by atoms with Gasteiger partial charge in [0, 0.05) is 10.9 Å². The summed E-state index contributed by atoms with van der Waals surface area (Å²) < 4.78 is 10.7. The second kappa shape index (κ2) is 8.31. The second-order valence-corrected chi connectivity index (χ2v) is 7.19. The molecule has 0 fully saturated rings. The first kappa shape index (κ1) is 18.4. The Kier molecular flexibility index (Phi) is 5.88. The Morgan fingerprint density at radius 1 is 1.38 bits per heavy atom. The minimum absolute atomic E-state index is 0.0781. The number of benzene rings is 1. The molecule has 1 aliphatic rings. The number of unbranched alkanes of at least 4 members (excludes halogenated alkanes) is 2. The summed E-state index contributed by atoms with van der Waals surface area (Å²) in [5.74, 6) is -0.0779. The number of carbonyl (C=O) groups excluding carboxylic acids is 2. The van der Waals surface area contributed by atoms with Crippen LogP contribution >= 0.6 is 11.3 Å². The Hall–Kier alpha value is -2.41. The molecule has 0 spiro atoms.